The molecule has 7 nitrogen and oxygen atoms in total. The van der Waals surface area contributed by atoms with Crippen LogP contribution in [-0.2, 0) is 6.42 Å². The molecule has 1 atom stereocenters. The second-order valence-electron chi connectivity index (χ2n) is 6.31. The molecule has 1 saturated heterocycles. The number of carbonyl (C=O) groups excluding carboxylic acids is 1. The number of aromatic nitrogens is 4. The molecular weight excluding hydrogens is 370 g/mol. The zero-order valence-corrected chi connectivity index (χ0v) is 16.1. The molecule has 0 radical (unpaired) electrons. The summed E-state index contributed by atoms with van der Waals surface area (Å²) in [5.41, 5.74) is 0.808. The zero-order valence-electron chi connectivity index (χ0n) is 14.4. The Morgan fingerprint density at radius 2 is 2.31 bits per heavy atom. The van der Waals surface area contributed by atoms with Gasteiger partial charge in [-0.25, -0.2) is 0 Å². The largest absolute Gasteiger partial charge is 0.420 e. The van der Waals surface area contributed by atoms with Crippen LogP contribution in [0.1, 0.15) is 53.4 Å². The minimum absolute atomic E-state index is 0.0196. The first kappa shape index (κ1) is 17.3. The van der Waals surface area contributed by atoms with Crippen molar-refractivity contribution in [3.63, 3.8) is 0 Å². The van der Waals surface area contributed by atoms with Crippen molar-refractivity contribution in [1.29, 1.82) is 0 Å². The third kappa shape index (κ3) is 3.41. The number of nitrogens with zero attached hydrogens (tertiary/aromatic N) is 5. The molecule has 0 saturated carbocycles. The van der Waals surface area contributed by atoms with E-state index < -0.39 is 0 Å². The minimum Gasteiger partial charge on any atom is -0.420 e. The number of amides is 1. The van der Waals surface area contributed by atoms with Gasteiger partial charge in [0.25, 0.3) is 11.8 Å². The van der Waals surface area contributed by atoms with Crippen molar-refractivity contribution >= 4 is 28.8 Å². The van der Waals surface area contributed by atoms with Crippen molar-refractivity contribution in [3.8, 4) is 10.8 Å². The normalized spacial score (nSPS) is 17.6. The van der Waals surface area contributed by atoms with Gasteiger partial charge in [0.05, 0.1) is 16.5 Å². The molecule has 1 aliphatic rings. The predicted octanol–water partition coefficient (Wildman–Crippen LogP) is 3.62. The van der Waals surface area contributed by atoms with Crippen LogP contribution in [0.15, 0.2) is 21.9 Å². The zero-order chi connectivity index (χ0) is 17.9. The molecule has 26 heavy (non-hydrogen) atoms. The summed E-state index contributed by atoms with van der Waals surface area (Å²) in [5, 5.41) is 14.5. The fraction of sp³-hybridized carbons (Fsp3) is 0.471. The second kappa shape index (κ2) is 7.63. The van der Waals surface area contributed by atoms with Crippen molar-refractivity contribution in [2.45, 2.75) is 38.5 Å². The molecule has 1 fully saturated rings. The lowest BCUT2D eigenvalue weighted by molar-refractivity contribution is 0.0702. The van der Waals surface area contributed by atoms with Crippen LogP contribution in [0, 0.1) is 0 Å². The third-order valence-electron chi connectivity index (χ3n) is 4.47. The average Bonchev–Trinajstić information content (AvgIpc) is 3.41. The summed E-state index contributed by atoms with van der Waals surface area (Å²) in [5.74, 6) is 1.26. The van der Waals surface area contributed by atoms with Gasteiger partial charge in [0.1, 0.15) is 4.88 Å². The molecule has 3 aromatic rings. The molecule has 3 aromatic heterocycles. The number of thiophene rings is 1. The molecule has 0 spiro atoms. The minimum atomic E-state index is 0.0196. The first-order valence-corrected chi connectivity index (χ1v) is 10.4. The van der Waals surface area contributed by atoms with Crippen molar-refractivity contribution in [1.82, 2.24) is 24.7 Å². The van der Waals surface area contributed by atoms with Crippen LogP contribution in [0.25, 0.3) is 10.8 Å². The molecule has 0 unspecified atom stereocenters. The van der Waals surface area contributed by atoms with Crippen LogP contribution in [0.5, 0.6) is 0 Å². The summed E-state index contributed by atoms with van der Waals surface area (Å²) in [6.45, 7) is 3.41. The smallest absolute Gasteiger partial charge is 0.267 e. The van der Waals surface area contributed by atoms with E-state index in [1.54, 1.807) is 11.3 Å². The Labute approximate surface area is 159 Å². The van der Waals surface area contributed by atoms with E-state index in [0.717, 1.165) is 42.8 Å². The summed E-state index contributed by atoms with van der Waals surface area (Å²) >= 11 is 2.76. The van der Waals surface area contributed by atoms with Gasteiger partial charge >= 0.3 is 0 Å². The monoisotopic (exact) mass is 389 g/mol. The lowest BCUT2D eigenvalue weighted by Crippen LogP contribution is -2.39. The SMILES string of the molecule is CCCc1nnsc1C(=O)N1CCC[C@@H](c2nnc(-c3cccs3)o2)C1. The molecule has 136 valence electrons. The Kier molecular flexibility index (Phi) is 5.07. The van der Waals surface area contributed by atoms with Crippen molar-refractivity contribution in [3.05, 3.63) is 34.0 Å². The fourth-order valence-corrected chi connectivity index (χ4v) is 4.50. The highest BCUT2D eigenvalue weighted by molar-refractivity contribution is 7.13. The van der Waals surface area contributed by atoms with Gasteiger partial charge in [0.2, 0.25) is 5.89 Å². The third-order valence-corrected chi connectivity index (χ3v) is 6.08. The Bertz CT molecular complexity index is 873. The summed E-state index contributed by atoms with van der Waals surface area (Å²) in [6, 6.07) is 3.92. The van der Waals surface area contributed by atoms with Crippen LogP contribution in [0.3, 0.4) is 0 Å². The van der Waals surface area contributed by atoms with Crippen molar-refractivity contribution in [2.75, 3.05) is 13.1 Å². The van der Waals surface area contributed by atoms with E-state index in [0.29, 0.717) is 23.2 Å². The van der Waals surface area contributed by atoms with Gasteiger partial charge < -0.3 is 9.32 Å². The number of piperidine rings is 1. The highest BCUT2D eigenvalue weighted by atomic mass is 32.1. The Morgan fingerprint density at radius 3 is 3.12 bits per heavy atom. The lowest BCUT2D eigenvalue weighted by Gasteiger charge is -2.30. The van der Waals surface area contributed by atoms with Gasteiger partial charge in [-0.15, -0.1) is 26.6 Å². The molecule has 4 heterocycles. The topological polar surface area (TPSA) is 85.0 Å². The number of aryl methyl sites for hydroxylation is 1. The number of carbonyl (C=O) groups is 1. The average molecular weight is 390 g/mol. The number of hydrogen-bond donors (Lipinski definition) is 0. The molecule has 9 heteroatoms. The van der Waals surface area contributed by atoms with Crippen LogP contribution in [-0.4, -0.2) is 43.7 Å². The summed E-state index contributed by atoms with van der Waals surface area (Å²) in [6.07, 6.45) is 3.59. The van der Waals surface area contributed by atoms with Crippen LogP contribution in [0.2, 0.25) is 0 Å². The van der Waals surface area contributed by atoms with Gasteiger partial charge in [-0.2, -0.15) is 0 Å². The van der Waals surface area contributed by atoms with E-state index >= 15 is 0 Å². The first-order valence-electron chi connectivity index (χ1n) is 8.74. The highest BCUT2D eigenvalue weighted by Crippen LogP contribution is 2.31. The van der Waals surface area contributed by atoms with Gasteiger partial charge in [0.15, 0.2) is 0 Å². The van der Waals surface area contributed by atoms with Crippen LogP contribution < -0.4 is 0 Å². The van der Waals surface area contributed by atoms with Crippen LogP contribution in [0.4, 0.5) is 0 Å². The van der Waals surface area contributed by atoms with Gasteiger partial charge in [-0.05, 0) is 42.2 Å². The van der Waals surface area contributed by atoms with E-state index in [2.05, 4.69) is 26.7 Å². The van der Waals surface area contributed by atoms with Gasteiger partial charge in [0, 0.05) is 13.1 Å². The highest BCUT2D eigenvalue weighted by Gasteiger charge is 2.31. The van der Waals surface area contributed by atoms with Gasteiger partial charge in [-0.1, -0.05) is 23.9 Å². The van der Waals surface area contributed by atoms with Crippen molar-refractivity contribution in [2.24, 2.45) is 0 Å². The molecule has 4 rings (SSSR count). The summed E-state index contributed by atoms with van der Waals surface area (Å²) in [7, 11) is 0. The van der Waals surface area contributed by atoms with E-state index in [9.17, 15) is 4.79 Å². The summed E-state index contributed by atoms with van der Waals surface area (Å²) < 4.78 is 9.85. The molecule has 1 amide bonds. The maximum atomic E-state index is 12.9. The first-order chi connectivity index (χ1) is 12.8. The molecular formula is C17H19N5O2S2. The molecule has 0 N–H and O–H groups in total. The van der Waals surface area contributed by atoms with Crippen molar-refractivity contribution < 1.29 is 9.21 Å². The maximum Gasteiger partial charge on any atom is 0.267 e. The standard InChI is InChI=1S/C17H19N5O2S2/c1-2-5-12-14(26-21-18-12)17(23)22-8-3-6-11(10-22)15-19-20-16(24-15)13-7-4-9-25-13/h4,7,9,11H,2-3,5-6,8,10H2,1H3/t11-/m1/s1. The lowest BCUT2D eigenvalue weighted by atomic mass is 9.98. The van der Waals surface area contributed by atoms with E-state index in [1.807, 2.05) is 22.4 Å². The Morgan fingerprint density at radius 1 is 1.38 bits per heavy atom. The fourth-order valence-electron chi connectivity index (χ4n) is 3.18. The van der Waals surface area contributed by atoms with E-state index in [4.69, 9.17) is 4.42 Å². The van der Waals surface area contributed by atoms with Crippen LogP contribution >= 0.6 is 22.9 Å². The van der Waals surface area contributed by atoms with E-state index in [1.165, 1.54) is 11.5 Å². The predicted molar refractivity (Wildman–Crippen MR) is 99.4 cm³/mol. The number of likely N-dealkylation sites (tertiary alicyclic amines) is 1. The number of hydrogen-bond acceptors (Lipinski definition) is 8. The molecule has 0 bridgehead atoms. The second-order valence-corrected chi connectivity index (χ2v) is 8.01. The Hall–Kier alpha value is -2.13. The summed E-state index contributed by atoms with van der Waals surface area (Å²) in [4.78, 5) is 16.4. The quantitative estimate of drug-likeness (QED) is 0.662. The Balaban J connectivity index is 1.49. The number of rotatable bonds is 5. The maximum absolute atomic E-state index is 12.9. The van der Waals surface area contributed by atoms with Gasteiger partial charge in [-0.3, -0.25) is 4.79 Å². The van der Waals surface area contributed by atoms with E-state index in [-0.39, 0.29) is 11.8 Å². The molecule has 0 aromatic carbocycles. The molecule has 1 aliphatic heterocycles. The molecule has 0 aliphatic carbocycles.